The predicted molar refractivity (Wildman–Crippen MR) is 192 cm³/mol. The smallest absolute Gasteiger partial charge is 0.194 e. The highest BCUT2D eigenvalue weighted by Crippen LogP contribution is 2.47. The second-order valence-corrected chi connectivity index (χ2v) is 13.8. The molecule has 6 rings (SSSR count). The Hall–Kier alpha value is -4.62. The van der Waals surface area contributed by atoms with Crippen molar-refractivity contribution < 1.29 is 26.3 Å². The summed E-state index contributed by atoms with van der Waals surface area (Å²) >= 11 is 0. The molecule has 0 amide bonds. The van der Waals surface area contributed by atoms with Crippen molar-refractivity contribution in [3.8, 4) is 33.4 Å². The van der Waals surface area contributed by atoms with E-state index >= 15 is 0 Å². The Morgan fingerprint density at radius 2 is 0.900 bits per heavy atom. The Kier molecular flexibility index (Phi) is 10.1. The van der Waals surface area contributed by atoms with Gasteiger partial charge in [0.2, 0.25) is 0 Å². The van der Waals surface area contributed by atoms with Crippen molar-refractivity contribution in [2.45, 2.75) is 47.6 Å². The molecule has 6 aromatic carbocycles. The van der Waals surface area contributed by atoms with Gasteiger partial charge in [-0.1, -0.05) is 83.1 Å². The van der Waals surface area contributed by atoms with Crippen molar-refractivity contribution in [1.82, 2.24) is 4.90 Å². The fourth-order valence-electron chi connectivity index (χ4n) is 7.28. The van der Waals surface area contributed by atoms with Gasteiger partial charge in [-0.3, -0.25) is 4.90 Å². The van der Waals surface area contributed by atoms with Crippen LogP contribution in [0, 0.1) is 46.7 Å². The average molecular weight is 684 g/mol. The van der Waals surface area contributed by atoms with Crippen molar-refractivity contribution >= 4 is 21.5 Å². The van der Waals surface area contributed by atoms with Gasteiger partial charge in [0.05, 0.1) is 0 Å². The first-order chi connectivity index (χ1) is 23.9. The van der Waals surface area contributed by atoms with Gasteiger partial charge in [-0.05, 0) is 121 Å². The zero-order valence-corrected chi connectivity index (χ0v) is 28.8. The van der Waals surface area contributed by atoms with E-state index in [9.17, 15) is 26.3 Å². The molecular formula is C43H39F6N. The number of hydrogen-bond acceptors (Lipinski definition) is 1. The Balaban J connectivity index is 1.81. The Morgan fingerprint density at radius 1 is 0.520 bits per heavy atom. The summed E-state index contributed by atoms with van der Waals surface area (Å²) in [7, 11) is 0. The molecule has 50 heavy (non-hydrogen) atoms. The van der Waals surface area contributed by atoms with Crippen molar-refractivity contribution in [2.75, 3.05) is 13.1 Å². The standard InChI is InChI=1S/C43H39F6N/c1-6-30-33(28-17-36(44)42(48)37(45)18-28)15-26-11-7-9-13-31(26)40(30)41-32-14-10-8-12-27(32)16-34(29-19-38(46)43(49)39(47)20-29)35(41)23-50(21-24(2)3)22-25(4)5/h7-20,24-25H,6,21-23H2,1-5H3. The monoisotopic (exact) mass is 683 g/mol. The molecule has 0 radical (unpaired) electrons. The first-order valence-corrected chi connectivity index (χ1v) is 17.0. The van der Waals surface area contributed by atoms with Gasteiger partial charge >= 0.3 is 0 Å². The second-order valence-electron chi connectivity index (χ2n) is 13.8. The van der Waals surface area contributed by atoms with Crippen LogP contribution in [0.15, 0.2) is 84.9 Å². The molecule has 0 aliphatic heterocycles. The molecule has 0 aliphatic carbocycles. The maximum atomic E-state index is 14.9. The van der Waals surface area contributed by atoms with Gasteiger partial charge < -0.3 is 0 Å². The number of benzene rings is 6. The Bertz CT molecular complexity index is 2160. The summed E-state index contributed by atoms with van der Waals surface area (Å²) in [6.07, 6.45) is 0.440. The average Bonchev–Trinajstić information content (AvgIpc) is 3.07. The molecule has 0 saturated heterocycles. The fourth-order valence-corrected chi connectivity index (χ4v) is 7.28. The molecule has 0 atom stereocenters. The largest absolute Gasteiger partial charge is 0.299 e. The van der Waals surface area contributed by atoms with E-state index in [1.165, 1.54) is 0 Å². The summed E-state index contributed by atoms with van der Waals surface area (Å²) in [5.41, 5.74) is 4.63. The maximum absolute atomic E-state index is 14.9. The van der Waals surface area contributed by atoms with Crippen molar-refractivity contribution in [2.24, 2.45) is 11.8 Å². The van der Waals surface area contributed by atoms with E-state index in [0.29, 0.717) is 35.9 Å². The summed E-state index contributed by atoms with van der Waals surface area (Å²) in [5.74, 6) is -7.62. The lowest BCUT2D eigenvalue weighted by Gasteiger charge is -2.30. The summed E-state index contributed by atoms with van der Waals surface area (Å²) in [4.78, 5) is 2.32. The minimum Gasteiger partial charge on any atom is -0.299 e. The predicted octanol–water partition coefficient (Wildman–Crippen LogP) is 12.5. The molecule has 1 nitrogen and oxygen atoms in total. The quantitative estimate of drug-likeness (QED) is 0.103. The fraction of sp³-hybridized carbons (Fsp3) is 0.256. The minimum absolute atomic E-state index is 0.191. The first kappa shape index (κ1) is 35.2. The SMILES string of the molecule is CCc1c(-c2cc(F)c(F)c(F)c2)cc2ccccc2c1-c1c(CN(CC(C)C)CC(C)C)c(-c2cc(F)c(F)c(F)c2)cc2ccccc12. The van der Waals surface area contributed by atoms with Crippen LogP contribution in [0.5, 0.6) is 0 Å². The normalized spacial score (nSPS) is 12.0. The van der Waals surface area contributed by atoms with Gasteiger partial charge in [-0.25, -0.2) is 26.3 Å². The molecule has 6 aromatic rings. The second kappa shape index (κ2) is 14.3. The molecule has 0 bridgehead atoms. The first-order valence-electron chi connectivity index (χ1n) is 17.0. The van der Waals surface area contributed by atoms with Crippen LogP contribution in [0.1, 0.15) is 45.7 Å². The highest BCUT2D eigenvalue weighted by Gasteiger charge is 2.26. The Morgan fingerprint density at radius 3 is 1.30 bits per heavy atom. The van der Waals surface area contributed by atoms with E-state index in [2.05, 4.69) is 32.6 Å². The van der Waals surface area contributed by atoms with Crippen LogP contribution >= 0.6 is 0 Å². The number of halogens is 6. The molecule has 0 aliphatic rings. The maximum Gasteiger partial charge on any atom is 0.194 e. The molecule has 0 saturated carbocycles. The lowest BCUT2D eigenvalue weighted by atomic mass is 9.80. The number of rotatable bonds is 10. The van der Waals surface area contributed by atoms with E-state index < -0.39 is 34.9 Å². The number of nitrogens with zero attached hydrogens (tertiary/aromatic N) is 1. The van der Waals surface area contributed by atoms with E-state index in [1.807, 2.05) is 67.6 Å². The molecule has 0 heterocycles. The van der Waals surface area contributed by atoms with Crippen LogP contribution in [-0.2, 0) is 13.0 Å². The molecule has 0 spiro atoms. The molecule has 7 heteroatoms. The third-order valence-corrected chi connectivity index (χ3v) is 9.14. The topological polar surface area (TPSA) is 3.24 Å². The molecular weight excluding hydrogens is 644 g/mol. The van der Waals surface area contributed by atoms with Gasteiger partial charge in [0, 0.05) is 19.6 Å². The van der Waals surface area contributed by atoms with Crippen LogP contribution in [0.4, 0.5) is 26.3 Å². The summed E-state index contributed by atoms with van der Waals surface area (Å²) in [6, 6.07) is 23.3. The van der Waals surface area contributed by atoms with Gasteiger partial charge in [-0.2, -0.15) is 0 Å². The third kappa shape index (κ3) is 6.76. The van der Waals surface area contributed by atoms with Crippen molar-refractivity contribution in [3.05, 3.63) is 131 Å². The highest BCUT2D eigenvalue weighted by molar-refractivity contribution is 6.11. The van der Waals surface area contributed by atoms with Crippen molar-refractivity contribution in [1.29, 1.82) is 0 Å². The minimum atomic E-state index is -1.54. The third-order valence-electron chi connectivity index (χ3n) is 9.14. The molecule has 0 N–H and O–H groups in total. The lowest BCUT2D eigenvalue weighted by Crippen LogP contribution is -2.31. The number of hydrogen-bond donors (Lipinski definition) is 0. The van der Waals surface area contributed by atoms with Crippen LogP contribution < -0.4 is 0 Å². The molecule has 0 fully saturated rings. The van der Waals surface area contributed by atoms with Gasteiger partial charge in [-0.15, -0.1) is 0 Å². The van der Waals surface area contributed by atoms with E-state index in [1.54, 1.807) is 0 Å². The Labute approximate surface area is 289 Å². The van der Waals surface area contributed by atoms with Gasteiger partial charge in [0.25, 0.3) is 0 Å². The van der Waals surface area contributed by atoms with E-state index in [0.717, 1.165) is 81.2 Å². The van der Waals surface area contributed by atoms with Gasteiger partial charge in [0.1, 0.15) is 0 Å². The van der Waals surface area contributed by atoms with Crippen LogP contribution in [-0.4, -0.2) is 18.0 Å². The van der Waals surface area contributed by atoms with E-state index in [4.69, 9.17) is 0 Å². The molecule has 0 unspecified atom stereocenters. The van der Waals surface area contributed by atoms with Gasteiger partial charge in [0.15, 0.2) is 34.9 Å². The zero-order chi connectivity index (χ0) is 35.9. The summed E-state index contributed by atoms with van der Waals surface area (Å²) < 4.78 is 87.9. The van der Waals surface area contributed by atoms with Crippen LogP contribution in [0.3, 0.4) is 0 Å². The van der Waals surface area contributed by atoms with Crippen molar-refractivity contribution in [3.63, 3.8) is 0 Å². The number of fused-ring (bicyclic) bond motifs is 2. The summed E-state index contributed by atoms with van der Waals surface area (Å²) in [5, 5.41) is 3.33. The van der Waals surface area contributed by atoms with Crippen LogP contribution in [0.2, 0.25) is 0 Å². The zero-order valence-electron chi connectivity index (χ0n) is 28.8. The molecule has 258 valence electrons. The van der Waals surface area contributed by atoms with E-state index in [-0.39, 0.29) is 11.1 Å². The summed E-state index contributed by atoms with van der Waals surface area (Å²) in [6.45, 7) is 12.4. The van der Waals surface area contributed by atoms with Crippen LogP contribution in [0.25, 0.3) is 54.9 Å². The lowest BCUT2D eigenvalue weighted by molar-refractivity contribution is 0.212. The highest BCUT2D eigenvalue weighted by atomic mass is 19.2. The molecule has 0 aromatic heterocycles.